The third kappa shape index (κ3) is 2.64. The van der Waals surface area contributed by atoms with Crippen LogP contribution in [0.15, 0.2) is 18.2 Å². The second-order valence-corrected chi connectivity index (χ2v) is 7.60. The van der Waals surface area contributed by atoms with Gasteiger partial charge in [0, 0.05) is 12.1 Å². The number of aliphatic hydroxyl groups excluding tert-OH is 1. The summed E-state index contributed by atoms with van der Waals surface area (Å²) in [6.45, 7) is 1.01. The van der Waals surface area contributed by atoms with Crippen LogP contribution in [0.25, 0.3) is 0 Å². The molecule has 5 rings (SSSR count). The molecule has 2 aromatic carbocycles. The molecule has 0 spiro atoms. The maximum Gasteiger partial charge on any atom is 0.231 e. The fourth-order valence-corrected chi connectivity index (χ4v) is 4.84. The number of benzene rings is 2. The van der Waals surface area contributed by atoms with Crippen molar-refractivity contribution in [1.82, 2.24) is 4.90 Å². The number of rotatable bonds is 4. The van der Waals surface area contributed by atoms with Gasteiger partial charge in [-0.2, -0.15) is 0 Å². The molecule has 0 unspecified atom stereocenters. The molecule has 0 amide bonds. The molecular formula is C22H25NO7. The number of fused-ring (bicyclic) bond motifs is 3. The Balaban J connectivity index is 1.68. The van der Waals surface area contributed by atoms with Crippen LogP contribution in [-0.2, 0) is 11.2 Å². The molecule has 1 N–H and O–H groups in total. The molecule has 3 heterocycles. The highest BCUT2D eigenvalue weighted by Crippen LogP contribution is 2.57. The second-order valence-electron chi connectivity index (χ2n) is 7.60. The van der Waals surface area contributed by atoms with Gasteiger partial charge in [0.1, 0.15) is 6.10 Å². The lowest BCUT2D eigenvalue weighted by molar-refractivity contribution is -0.142. The topological polar surface area (TPSA) is 78.9 Å². The first-order valence-corrected chi connectivity index (χ1v) is 9.86. The van der Waals surface area contributed by atoms with E-state index in [-0.39, 0.29) is 12.8 Å². The van der Waals surface area contributed by atoms with Gasteiger partial charge >= 0.3 is 0 Å². The fourth-order valence-electron chi connectivity index (χ4n) is 4.84. The zero-order valence-electron chi connectivity index (χ0n) is 17.4. The van der Waals surface area contributed by atoms with Gasteiger partial charge < -0.3 is 33.5 Å². The summed E-state index contributed by atoms with van der Waals surface area (Å²) in [5.74, 6) is 3.01. The third-order valence-corrected chi connectivity index (χ3v) is 6.19. The minimum atomic E-state index is -1.12. The monoisotopic (exact) mass is 415 g/mol. The SMILES string of the molecule is COc1ccc2c(c1OC)[C@H](O)O[C@H]2[C@H]1c2c(cc3c(c2OC)OCO3)CCN1C. The Morgan fingerprint density at radius 2 is 1.83 bits per heavy atom. The second kappa shape index (κ2) is 7.23. The van der Waals surface area contributed by atoms with E-state index >= 15 is 0 Å². The number of likely N-dealkylation sites (N-methyl/N-ethyl adjacent to an activating group) is 1. The molecule has 3 aliphatic rings. The van der Waals surface area contributed by atoms with E-state index in [0.717, 1.165) is 29.7 Å². The summed E-state index contributed by atoms with van der Waals surface area (Å²) in [6, 6.07) is 5.61. The summed E-state index contributed by atoms with van der Waals surface area (Å²) < 4.78 is 34.2. The van der Waals surface area contributed by atoms with Crippen LogP contribution >= 0.6 is 0 Å². The molecule has 8 nitrogen and oxygen atoms in total. The quantitative estimate of drug-likeness (QED) is 0.817. The van der Waals surface area contributed by atoms with Gasteiger partial charge in [-0.1, -0.05) is 6.07 Å². The molecule has 160 valence electrons. The highest BCUT2D eigenvalue weighted by atomic mass is 16.7. The van der Waals surface area contributed by atoms with Crippen LogP contribution in [0.2, 0.25) is 0 Å². The van der Waals surface area contributed by atoms with Gasteiger partial charge in [0.15, 0.2) is 29.3 Å². The maximum absolute atomic E-state index is 10.8. The highest BCUT2D eigenvalue weighted by molar-refractivity contribution is 5.63. The van der Waals surface area contributed by atoms with Crippen LogP contribution in [0.3, 0.4) is 0 Å². The normalized spacial score (nSPS) is 24.4. The first-order valence-electron chi connectivity index (χ1n) is 9.86. The van der Waals surface area contributed by atoms with E-state index in [2.05, 4.69) is 4.90 Å². The van der Waals surface area contributed by atoms with E-state index in [4.69, 9.17) is 28.4 Å². The van der Waals surface area contributed by atoms with Crippen LogP contribution in [0.4, 0.5) is 0 Å². The van der Waals surface area contributed by atoms with Crippen molar-refractivity contribution in [3.63, 3.8) is 0 Å². The minimum absolute atomic E-state index is 0.174. The number of hydrogen-bond acceptors (Lipinski definition) is 8. The molecule has 3 aliphatic heterocycles. The van der Waals surface area contributed by atoms with Crippen molar-refractivity contribution in [3.05, 3.63) is 40.5 Å². The van der Waals surface area contributed by atoms with Gasteiger partial charge in [-0.3, -0.25) is 4.90 Å². The largest absolute Gasteiger partial charge is 0.493 e. The van der Waals surface area contributed by atoms with E-state index in [1.54, 1.807) is 21.3 Å². The molecule has 0 aromatic heterocycles. The van der Waals surface area contributed by atoms with E-state index in [0.29, 0.717) is 34.3 Å². The number of aliphatic hydroxyl groups is 1. The minimum Gasteiger partial charge on any atom is -0.493 e. The predicted molar refractivity (Wildman–Crippen MR) is 107 cm³/mol. The Kier molecular flexibility index (Phi) is 4.65. The fraction of sp³-hybridized carbons (Fsp3) is 0.455. The Bertz CT molecular complexity index is 992. The summed E-state index contributed by atoms with van der Waals surface area (Å²) in [7, 11) is 6.81. The number of ether oxygens (including phenoxy) is 6. The van der Waals surface area contributed by atoms with Crippen molar-refractivity contribution < 1.29 is 33.5 Å². The standard InChI is InChI=1S/C22H25NO7/c1-23-8-7-11-9-14-20(29-10-28-14)21(27-4)15(11)17(23)18-12-5-6-13(25-2)19(26-3)16(12)22(24)30-18/h5-6,9,17-18,22,24H,7-8,10H2,1-4H3/t17-,18-,22-/m1/s1. The van der Waals surface area contributed by atoms with Crippen molar-refractivity contribution in [3.8, 4) is 28.7 Å². The maximum atomic E-state index is 10.8. The van der Waals surface area contributed by atoms with Gasteiger partial charge in [-0.15, -0.1) is 0 Å². The van der Waals surface area contributed by atoms with E-state index in [1.807, 2.05) is 25.2 Å². The lowest BCUT2D eigenvalue weighted by Crippen LogP contribution is -2.36. The van der Waals surface area contributed by atoms with Crippen molar-refractivity contribution in [2.45, 2.75) is 24.9 Å². The number of hydrogen-bond donors (Lipinski definition) is 1. The molecule has 0 radical (unpaired) electrons. The van der Waals surface area contributed by atoms with Crippen molar-refractivity contribution in [2.24, 2.45) is 0 Å². The van der Waals surface area contributed by atoms with Gasteiger partial charge in [0.25, 0.3) is 0 Å². The molecule has 0 fully saturated rings. The van der Waals surface area contributed by atoms with Crippen LogP contribution in [0.5, 0.6) is 28.7 Å². The lowest BCUT2D eigenvalue weighted by Gasteiger charge is -2.39. The zero-order valence-corrected chi connectivity index (χ0v) is 17.4. The van der Waals surface area contributed by atoms with E-state index < -0.39 is 12.4 Å². The van der Waals surface area contributed by atoms with Crippen molar-refractivity contribution in [1.29, 1.82) is 0 Å². The lowest BCUT2D eigenvalue weighted by atomic mass is 9.85. The van der Waals surface area contributed by atoms with Crippen molar-refractivity contribution >= 4 is 0 Å². The molecule has 8 heteroatoms. The Hall–Kier alpha value is -2.68. The van der Waals surface area contributed by atoms with Crippen molar-refractivity contribution in [2.75, 3.05) is 41.7 Å². The average molecular weight is 415 g/mol. The van der Waals surface area contributed by atoms with Gasteiger partial charge in [0.2, 0.25) is 12.5 Å². The molecular weight excluding hydrogens is 390 g/mol. The first-order chi connectivity index (χ1) is 14.6. The summed E-state index contributed by atoms with van der Waals surface area (Å²) >= 11 is 0. The average Bonchev–Trinajstić information content (AvgIpc) is 3.35. The summed E-state index contributed by atoms with van der Waals surface area (Å²) in [5.41, 5.74) is 3.59. The number of methoxy groups -OCH3 is 3. The van der Waals surface area contributed by atoms with Crippen LogP contribution < -0.4 is 23.7 Å². The Labute approximate surface area is 174 Å². The first kappa shape index (κ1) is 19.3. The Morgan fingerprint density at radius 3 is 2.57 bits per heavy atom. The number of nitrogens with zero attached hydrogens (tertiary/aromatic N) is 1. The molecule has 3 atom stereocenters. The van der Waals surface area contributed by atoms with E-state index in [1.165, 1.54) is 0 Å². The molecule has 0 bridgehead atoms. The molecule has 0 aliphatic carbocycles. The van der Waals surface area contributed by atoms with Crippen LogP contribution in [0, 0.1) is 0 Å². The summed E-state index contributed by atoms with van der Waals surface area (Å²) in [4.78, 5) is 2.22. The molecule has 2 aromatic rings. The predicted octanol–water partition coefficient (Wildman–Crippen LogP) is 2.73. The molecule has 0 saturated carbocycles. The summed E-state index contributed by atoms with van der Waals surface area (Å²) in [5, 5.41) is 10.8. The smallest absolute Gasteiger partial charge is 0.231 e. The van der Waals surface area contributed by atoms with E-state index in [9.17, 15) is 5.11 Å². The Morgan fingerprint density at radius 1 is 1.03 bits per heavy atom. The van der Waals surface area contributed by atoms with Crippen LogP contribution in [-0.4, -0.2) is 51.7 Å². The van der Waals surface area contributed by atoms with Gasteiger partial charge in [-0.05, 0) is 36.7 Å². The zero-order chi connectivity index (χ0) is 21.0. The van der Waals surface area contributed by atoms with Gasteiger partial charge in [0.05, 0.1) is 32.9 Å². The third-order valence-electron chi connectivity index (χ3n) is 6.19. The van der Waals surface area contributed by atoms with Gasteiger partial charge in [-0.25, -0.2) is 0 Å². The highest BCUT2D eigenvalue weighted by Gasteiger charge is 2.45. The van der Waals surface area contributed by atoms with Crippen LogP contribution in [0.1, 0.15) is 40.7 Å². The molecule has 30 heavy (non-hydrogen) atoms. The molecule has 0 saturated heterocycles. The summed E-state index contributed by atoms with van der Waals surface area (Å²) in [6.07, 6.45) is -0.689.